The quantitative estimate of drug-likeness (QED) is 0.915. The van der Waals surface area contributed by atoms with Gasteiger partial charge in [-0.2, -0.15) is 0 Å². The lowest BCUT2D eigenvalue weighted by Gasteiger charge is -2.09. The summed E-state index contributed by atoms with van der Waals surface area (Å²) >= 11 is 11.8. The van der Waals surface area contributed by atoms with Crippen molar-refractivity contribution in [3.63, 3.8) is 0 Å². The van der Waals surface area contributed by atoms with Gasteiger partial charge in [-0.15, -0.1) is 0 Å². The van der Waals surface area contributed by atoms with Crippen molar-refractivity contribution in [2.45, 2.75) is 0 Å². The van der Waals surface area contributed by atoms with Crippen molar-refractivity contribution in [3.8, 4) is 16.9 Å². The van der Waals surface area contributed by atoms with Gasteiger partial charge in [-0.1, -0.05) is 29.3 Å². The molecule has 5 heteroatoms. The van der Waals surface area contributed by atoms with Gasteiger partial charge < -0.3 is 9.84 Å². The standard InChI is InChI=1S/C14H10Cl2O3/c1-19-9-3-4-10(14(17)18)11(7-9)8-2-5-12(15)13(16)6-8/h2-7H,1H3,(H,17,18). The average molecular weight is 297 g/mol. The first kappa shape index (κ1) is 13.7. The lowest BCUT2D eigenvalue weighted by atomic mass is 9.99. The molecule has 0 saturated heterocycles. The molecule has 1 N–H and O–H groups in total. The molecule has 0 saturated carbocycles. The van der Waals surface area contributed by atoms with E-state index < -0.39 is 5.97 Å². The van der Waals surface area contributed by atoms with Crippen LogP contribution in [0.1, 0.15) is 10.4 Å². The Labute approximate surface area is 120 Å². The number of rotatable bonds is 3. The SMILES string of the molecule is COc1ccc(C(=O)O)c(-c2ccc(Cl)c(Cl)c2)c1. The molecule has 0 bridgehead atoms. The van der Waals surface area contributed by atoms with E-state index in [0.29, 0.717) is 26.9 Å². The van der Waals surface area contributed by atoms with Crippen LogP contribution in [0.25, 0.3) is 11.1 Å². The second-order valence-electron chi connectivity index (χ2n) is 3.85. The molecule has 2 rings (SSSR count). The fourth-order valence-electron chi connectivity index (χ4n) is 1.74. The van der Waals surface area contributed by atoms with Gasteiger partial charge in [0.1, 0.15) is 5.75 Å². The van der Waals surface area contributed by atoms with Crippen LogP contribution in [-0.2, 0) is 0 Å². The minimum atomic E-state index is -1.01. The fourth-order valence-corrected chi connectivity index (χ4v) is 2.04. The zero-order valence-corrected chi connectivity index (χ0v) is 11.5. The predicted molar refractivity (Wildman–Crippen MR) is 75.4 cm³/mol. The molecule has 0 unspecified atom stereocenters. The van der Waals surface area contributed by atoms with Crippen LogP contribution in [0.2, 0.25) is 10.0 Å². The van der Waals surface area contributed by atoms with Crippen LogP contribution in [-0.4, -0.2) is 18.2 Å². The zero-order chi connectivity index (χ0) is 14.0. The lowest BCUT2D eigenvalue weighted by Crippen LogP contribution is -2.00. The second-order valence-corrected chi connectivity index (χ2v) is 4.66. The number of benzene rings is 2. The van der Waals surface area contributed by atoms with Crippen molar-refractivity contribution >= 4 is 29.2 Å². The van der Waals surface area contributed by atoms with Gasteiger partial charge in [-0.05, 0) is 41.5 Å². The third-order valence-corrected chi connectivity index (χ3v) is 3.43. The van der Waals surface area contributed by atoms with E-state index >= 15 is 0 Å². The maximum atomic E-state index is 11.2. The Bertz CT molecular complexity index is 639. The molecule has 0 fully saturated rings. The molecule has 0 spiro atoms. The summed E-state index contributed by atoms with van der Waals surface area (Å²) < 4.78 is 5.11. The fraction of sp³-hybridized carbons (Fsp3) is 0.0714. The number of hydrogen-bond acceptors (Lipinski definition) is 2. The third kappa shape index (κ3) is 2.83. The third-order valence-electron chi connectivity index (χ3n) is 2.69. The van der Waals surface area contributed by atoms with E-state index in [0.717, 1.165) is 0 Å². The van der Waals surface area contributed by atoms with Gasteiger partial charge in [0.15, 0.2) is 0 Å². The highest BCUT2D eigenvalue weighted by atomic mass is 35.5. The van der Waals surface area contributed by atoms with Crippen LogP contribution in [0.5, 0.6) is 5.75 Å². The van der Waals surface area contributed by atoms with E-state index in [4.69, 9.17) is 27.9 Å². The molecule has 0 aliphatic carbocycles. The number of carboxylic acids is 1. The molecular formula is C14H10Cl2O3. The molecule has 98 valence electrons. The van der Waals surface area contributed by atoms with E-state index in [9.17, 15) is 9.90 Å². The summed E-state index contributed by atoms with van der Waals surface area (Å²) in [5.41, 5.74) is 1.38. The lowest BCUT2D eigenvalue weighted by molar-refractivity contribution is 0.0697. The van der Waals surface area contributed by atoms with Gasteiger partial charge in [0.2, 0.25) is 0 Å². The van der Waals surface area contributed by atoms with Crippen LogP contribution in [0, 0.1) is 0 Å². The highest BCUT2D eigenvalue weighted by Crippen LogP contribution is 2.32. The summed E-state index contributed by atoms with van der Waals surface area (Å²) in [4.78, 5) is 11.2. The zero-order valence-electron chi connectivity index (χ0n) is 9.98. The van der Waals surface area contributed by atoms with Crippen molar-refractivity contribution in [2.24, 2.45) is 0 Å². The summed E-state index contributed by atoms with van der Waals surface area (Å²) in [6, 6.07) is 9.73. The normalized spacial score (nSPS) is 10.3. The molecule has 0 heterocycles. The van der Waals surface area contributed by atoms with Gasteiger partial charge in [0.05, 0.1) is 22.7 Å². The molecule has 2 aromatic rings. The Morgan fingerprint density at radius 2 is 1.84 bits per heavy atom. The van der Waals surface area contributed by atoms with Gasteiger partial charge >= 0.3 is 5.97 Å². The Balaban J connectivity index is 2.64. The van der Waals surface area contributed by atoms with Crippen molar-refractivity contribution < 1.29 is 14.6 Å². The van der Waals surface area contributed by atoms with Gasteiger partial charge in [0, 0.05) is 0 Å². The summed E-state index contributed by atoms with van der Waals surface area (Å²) in [6.45, 7) is 0. The first-order valence-corrected chi connectivity index (χ1v) is 6.15. The van der Waals surface area contributed by atoms with Crippen LogP contribution < -0.4 is 4.74 Å². The first-order valence-electron chi connectivity index (χ1n) is 5.39. The van der Waals surface area contributed by atoms with E-state index in [2.05, 4.69) is 0 Å². The first-order chi connectivity index (χ1) is 9.02. The maximum absolute atomic E-state index is 11.2. The van der Waals surface area contributed by atoms with Gasteiger partial charge in [0.25, 0.3) is 0 Å². The Hall–Kier alpha value is -1.71. The number of hydrogen-bond donors (Lipinski definition) is 1. The van der Waals surface area contributed by atoms with E-state index in [1.54, 1.807) is 30.3 Å². The molecule has 19 heavy (non-hydrogen) atoms. The Kier molecular flexibility index (Phi) is 3.98. The summed E-state index contributed by atoms with van der Waals surface area (Å²) in [6.07, 6.45) is 0. The average Bonchev–Trinajstić information content (AvgIpc) is 2.41. The topological polar surface area (TPSA) is 46.5 Å². The van der Waals surface area contributed by atoms with Crippen LogP contribution in [0.15, 0.2) is 36.4 Å². The van der Waals surface area contributed by atoms with Crippen molar-refractivity contribution in [1.29, 1.82) is 0 Å². The highest BCUT2D eigenvalue weighted by molar-refractivity contribution is 6.42. The van der Waals surface area contributed by atoms with Crippen LogP contribution >= 0.6 is 23.2 Å². The molecule has 3 nitrogen and oxygen atoms in total. The van der Waals surface area contributed by atoms with Gasteiger partial charge in [-0.3, -0.25) is 0 Å². The number of halogens is 2. The molecule has 2 aromatic carbocycles. The molecule has 0 aliphatic rings. The largest absolute Gasteiger partial charge is 0.497 e. The van der Waals surface area contributed by atoms with E-state index in [-0.39, 0.29) is 5.56 Å². The van der Waals surface area contributed by atoms with Gasteiger partial charge in [-0.25, -0.2) is 4.79 Å². The number of ether oxygens (including phenoxy) is 1. The van der Waals surface area contributed by atoms with Crippen LogP contribution in [0.4, 0.5) is 0 Å². The number of aromatic carboxylic acids is 1. The smallest absolute Gasteiger partial charge is 0.336 e. The highest BCUT2D eigenvalue weighted by Gasteiger charge is 2.13. The number of methoxy groups -OCH3 is 1. The summed E-state index contributed by atoms with van der Waals surface area (Å²) in [5.74, 6) is -0.435. The Morgan fingerprint density at radius 1 is 1.11 bits per heavy atom. The Morgan fingerprint density at radius 3 is 2.42 bits per heavy atom. The molecule has 0 atom stereocenters. The summed E-state index contributed by atoms with van der Waals surface area (Å²) in [5, 5.41) is 10.0. The second kappa shape index (κ2) is 5.51. The van der Waals surface area contributed by atoms with E-state index in [1.807, 2.05) is 0 Å². The van der Waals surface area contributed by atoms with Crippen molar-refractivity contribution in [2.75, 3.05) is 7.11 Å². The van der Waals surface area contributed by atoms with Crippen molar-refractivity contribution in [3.05, 3.63) is 52.0 Å². The molecule has 0 amide bonds. The minimum absolute atomic E-state index is 0.180. The van der Waals surface area contributed by atoms with E-state index in [1.165, 1.54) is 13.2 Å². The monoisotopic (exact) mass is 296 g/mol. The molecule has 0 aliphatic heterocycles. The van der Waals surface area contributed by atoms with Crippen LogP contribution in [0.3, 0.4) is 0 Å². The van der Waals surface area contributed by atoms with Crippen molar-refractivity contribution in [1.82, 2.24) is 0 Å². The number of carbonyl (C=O) groups is 1. The molecular weight excluding hydrogens is 287 g/mol. The minimum Gasteiger partial charge on any atom is -0.497 e. The summed E-state index contributed by atoms with van der Waals surface area (Å²) in [7, 11) is 1.52. The molecule has 0 radical (unpaired) electrons. The maximum Gasteiger partial charge on any atom is 0.336 e. The molecule has 0 aromatic heterocycles. The number of carboxylic acid groups (broad SMARTS) is 1. The predicted octanol–water partition coefficient (Wildman–Crippen LogP) is 4.37.